The van der Waals surface area contributed by atoms with Crippen LogP contribution in [0.4, 0.5) is 11.8 Å². The molecule has 10 heteroatoms. The third kappa shape index (κ3) is 4.43. The SMILES string of the molecule is Cc1cc(NC(=O)C(Sc2nnc(N3CCOCC3)n2C)c2ccccc2)no1. The van der Waals surface area contributed by atoms with Gasteiger partial charge in [-0.25, -0.2) is 0 Å². The minimum Gasteiger partial charge on any atom is -0.378 e. The quantitative estimate of drug-likeness (QED) is 0.614. The maximum Gasteiger partial charge on any atom is 0.243 e. The lowest BCUT2D eigenvalue weighted by atomic mass is 10.1. The number of hydrogen-bond donors (Lipinski definition) is 1. The molecule has 1 amide bonds. The molecule has 9 nitrogen and oxygen atoms in total. The van der Waals surface area contributed by atoms with Gasteiger partial charge in [-0.15, -0.1) is 10.2 Å². The van der Waals surface area contributed by atoms with Gasteiger partial charge in [-0.05, 0) is 12.5 Å². The van der Waals surface area contributed by atoms with E-state index in [1.54, 1.807) is 13.0 Å². The van der Waals surface area contributed by atoms with Gasteiger partial charge in [0.1, 0.15) is 11.0 Å². The summed E-state index contributed by atoms with van der Waals surface area (Å²) in [7, 11) is 1.91. The van der Waals surface area contributed by atoms with Gasteiger partial charge in [-0.1, -0.05) is 47.3 Å². The Morgan fingerprint density at radius 2 is 1.97 bits per heavy atom. The van der Waals surface area contributed by atoms with Crippen molar-refractivity contribution >= 4 is 29.4 Å². The standard InChI is InChI=1S/C19H22N6O3S/c1-13-12-15(23-28-13)20-17(26)16(14-6-4-3-5-7-14)29-19-22-21-18(24(19)2)25-8-10-27-11-9-25/h3-7,12,16H,8-11H2,1-2H3,(H,20,23,26). The zero-order valence-electron chi connectivity index (χ0n) is 16.2. The lowest BCUT2D eigenvalue weighted by Crippen LogP contribution is -2.37. The third-order valence-corrected chi connectivity index (χ3v) is 5.84. The van der Waals surface area contributed by atoms with Crippen LogP contribution < -0.4 is 10.2 Å². The van der Waals surface area contributed by atoms with Crippen molar-refractivity contribution in [2.75, 3.05) is 36.5 Å². The van der Waals surface area contributed by atoms with Gasteiger partial charge in [-0.3, -0.25) is 9.36 Å². The second kappa shape index (κ2) is 8.66. The number of aryl methyl sites for hydroxylation is 1. The molecule has 152 valence electrons. The Kier molecular flexibility index (Phi) is 5.81. The second-order valence-corrected chi connectivity index (χ2v) is 7.73. The molecule has 0 spiro atoms. The average molecular weight is 414 g/mol. The Balaban J connectivity index is 1.57. The van der Waals surface area contributed by atoms with E-state index >= 15 is 0 Å². The van der Waals surface area contributed by atoms with Crippen LogP contribution in [-0.2, 0) is 16.6 Å². The predicted octanol–water partition coefficient (Wildman–Crippen LogP) is 2.42. The molecule has 2 aromatic heterocycles. The number of anilines is 2. The van der Waals surface area contributed by atoms with Crippen molar-refractivity contribution in [3.63, 3.8) is 0 Å². The number of rotatable bonds is 6. The third-order valence-electron chi connectivity index (χ3n) is 4.55. The first-order valence-corrected chi connectivity index (χ1v) is 10.2. The fourth-order valence-electron chi connectivity index (χ4n) is 3.07. The largest absolute Gasteiger partial charge is 0.378 e. The zero-order chi connectivity index (χ0) is 20.2. The molecule has 3 heterocycles. The zero-order valence-corrected chi connectivity index (χ0v) is 17.1. The second-order valence-electron chi connectivity index (χ2n) is 6.66. The van der Waals surface area contributed by atoms with Gasteiger partial charge in [-0.2, -0.15) is 0 Å². The Morgan fingerprint density at radius 3 is 2.66 bits per heavy atom. The number of ether oxygens (including phenoxy) is 1. The Hall–Kier alpha value is -2.85. The fourth-order valence-corrected chi connectivity index (χ4v) is 4.07. The monoisotopic (exact) mass is 414 g/mol. The molecule has 1 unspecified atom stereocenters. The lowest BCUT2D eigenvalue weighted by molar-refractivity contribution is -0.115. The molecule has 1 atom stereocenters. The molecule has 0 saturated carbocycles. The number of nitrogens with zero attached hydrogens (tertiary/aromatic N) is 5. The van der Waals surface area contributed by atoms with Crippen molar-refractivity contribution in [1.29, 1.82) is 0 Å². The minimum atomic E-state index is -0.520. The van der Waals surface area contributed by atoms with E-state index in [4.69, 9.17) is 9.26 Å². The highest BCUT2D eigenvalue weighted by Gasteiger charge is 2.27. The highest BCUT2D eigenvalue weighted by molar-refractivity contribution is 8.00. The van der Waals surface area contributed by atoms with Crippen molar-refractivity contribution < 1.29 is 14.1 Å². The first kappa shape index (κ1) is 19.5. The number of aromatic nitrogens is 4. The molecule has 1 aliphatic heterocycles. The van der Waals surface area contributed by atoms with Gasteiger partial charge in [0.2, 0.25) is 11.9 Å². The van der Waals surface area contributed by atoms with Crippen molar-refractivity contribution in [2.45, 2.75) is 17.3 Å². The first-order valence-electron chi connectivity index (χ1n) is 9.29. The first-order chi connectivity index (χ1) is 14.1. The minimum absolute atomic E-state index is 0.203. The molecule has 1 aliphatic rings. The van der Waals surface area contributed by atoms with E-state index in [1.165, 1.54) is 11.8 Å². The van der Waals surface area contributed by atoms with E-state index < -0.39 is 5.25 Å². The van der Waals surface area contributed by atoms with Crippen LogP contribution in [0.25, 0.3) is 0 Å². The summed E-state index contributed by atoms with van der Waals surface area (Å²) in [5.74, 6) is 1.59. The maximum absolute atomic E-state index is 13.0. The number of carbonyl (C=O) groups is 1. The van der Waals surface area contributed by atoms with E-state index in [0.29, 0.717) is 29.9 Å². The molecule has 4 rings (SSSR count). The van der Waals surface area contributed by atoms with E-state index in [1.807, 2.05) is 41.9 Å². The number of morpholine rings is 1. The van der Waals surface area contributed by atoms with E-state index in [9.17, 15) is 4.79 Å². The van der Waals surface area contributed by atoms with E-state index in [0.717, 1.165) is 24.6 Å². The Morgan fingerprint density at radius 1 is 1.21 bits per heavy atom. The Bertz CT molecular complexity index is 967. The highest BCUT2D eigenvalue weighted by atomic mass is 32.2. The summed E-state index contributed by atoms with van der Waals surface area (Å²) in [6, 6.07) is 11.3. The van der Waals surface area contributed by atoms with Crippen molar-refractivity contribution in [2.24, 2.45) is 7.05 Å². The van der Waals surface area contributed by atoms with Crippen LogP contribution in [0.3, 0.4) is 0 Å². The fraction of sp³-hybridized carbons (Fsp3) is 0.368. The summed E-state index contributed by atoms with van der Waals surface area (Å²) in [5, 5.41) is 15.5. The molecular weight excluding hydrogens is 392 g/mol. The molecule has 1 aromatic carbocycles. The normalized spacial score (nSPS) is 15.3. The highest BCUT2D eigenvalue weighted by Crippen LogP contribution is 2.36. The molecule has 0 radical (unpaired) electrons. The lowest BCUT2D eigenvalue weighted by Gasteiger charge is -2.27. The summed E-state index contributed by atoms with van der Waals surface area (Å²) in [6.07, 6.45) is 0. The number of carbonyl (C=O) groups excluding carboxylic acids is 1. The molecule has 1 saturated heterocycles. The van der Waals surface area contributed by atoms with Gasteiger partial charge < -0.3 is 19.5 Å². The van der Waals surface area contributed by atoms with Crippen LogP contribution in [0.15, 0.2) is 46.1 Å². The number of hydrogen-bond acceptors (Lipinski definition) is 8. The van der Waals surface area contributed by atoms with E-state index in [-0.39, 0.29) is 5.91 Å². The van der Waals surface area contributed by atoms with Crippen LogP contribution in [0.2, 0.25) is 0 Å². The van der Waals surface area contributed by atoms with Crippen molar-refractivity contribution in [3.05, 3.63) is 47.7 Å². The van der Waals surface area contributed by atoms with Crippen LogP contribution in [0.5, 0.6) is 0 Å². The number of benzene rings is 1. The molecule has 1 fully saturated rings. The molecule has 29 heavy (non-hydrogen) atoms. The van der Waals surface area contributed by atoms with Gasteiger partial charge in [0.15, 0.2) is 11.0 Å². The van der Waals surface area contributed by atoms with Crippen LogP contribution in [0.1, 0.15) is 16.6 Å². The summed E-state index contributed by atoms with van der Waals surface area (Å²) >= 11 is 1.35. The number of amides is 1. The molecule has 1 N–H and O–H groups in total. The molecule has 0 bridgehead atoms. The predicted molar refractivity (Wildman–Crippen MR) is 109 cm³/mol. The van der Waals surface area contributed by atoms with Crippen LogP contribution in [-0.4, -0.2) is 52.1 Å². The van der Waals surface area contributed by atoms with Gasteiger partial charge in [0.05, 0.1) is 13.2 Å². The number of nitrogens with one attached hydrogen (secondary N) is 1. The van der Waals surface area contributed by atoms with Gasteiger partial charge in [0.25, 0.3) is 0 Å². The number of thioether (sulfide) groups is 1. The Labute approximate surface area is 172 Å². The van der Waals surface area contributed by atoms with Crippen LogP contribution in [0, 0.1) is 6.92 Å². The van der Waals surface area contributed by atoms with Gasteiger partial charge in [0, 0.05) is 26.2 Å². The topological polar surface area (TPSA) is 98.3 Å². The molecule has 0 aliphatic carbocycles. The maximum atomic E-state index is 13.0. The van der Waals surface area contributed by atoms with E-state index in [2.05, 4.69) is 25.6 Å². The molecular formula is C19H22N6O3S. The molecule has 3 aromatic rings. The van der Waals surface area contributed by atoms with Crippen molar-refractivity contribution in [3.8, 4) is 0 Å². The van der Waals surface area contributed by atoms with Crippen LogP contribution >= 0.6 is 11.8 Å². The van der Waals surface area contributed by atoms with Crippen molar-refractivity contribution in [1.82, 2.24) is 19.9 Å². The summed E-state index contributed by atoms with van der Waals surface area (Å²) in [4.78, 5) is 15.2. The summed E-state index contributed by atoms with van der Waals surface area (Å²) in [6.45, 7) is 4.65. The average Bonchev–Trinajstić information content (AvgIpc) is 3.32. The smallest absolute Gasteiger partial charge is 0.243 e. The summed E-state index contributed by atoms with van der Waals surface area (Å²) < 4.78 is 12.4. The van der Waals surface area contributed by atoms with Gasteiger partial charge >= 0.3 is 0 Å². The summed E-state index contributed by atoms with van der Waals surface area (Å²) in [5.41, 5.74) is 0.867.